The molecule has 2 aromatic carbocycles. The Morgan fingerprint density at radius 2 is 1.78 bits per heavy atom. The highest BCUT2D eigenvalue weighted by Gasteiger charge is 2.45. The number of phenols is 3. The number of cyclic esters (lactones) is 1. The zero-order chi connectivity index (χ0) is 19.7. The third-order valence-electron chi connectivity index (χ3n) is 4.24. The molecule has 1 heterocycles. The van der Waals surface area contributed by atoms with E-state index in [9.17, 15) is 30.0 Å². The minimum Gasteiger partial charge on any atom is -0.504 e. The number of carboxylic acids is 1. The minimum absolute atomic E-state index is 0.0558. The first-order valence-corrected chi connectivity index (χ1v) is 7.86. The summed E-state index contributed by atoms with van der Waals surface area (Å²) >= 11 is 0. The Kier molecular flexibility index (Phi) is 4.64. The number of carbonyl (C=O) groups is 2. The predicted octanol–water partition coefficient (Wildman–Crippen LogP) is 1.99. The number of hydrogen-bond acceptors (Lipinski definition) is 7. The van der Waals surface area contributed by atoms with Crippen LogP contribution in [-0.4, -0.2) is 45.6 Å². The molecule has 0 radical (unpaired) electrons. The molecule has 1 aliphatic rings. The topological polar surface area (TPSA) is 134 Å². The lowest BCUT2D eigenvalue weighted by molar-refractivity contribution is -0.156. The Balaban J connectivity index is 2.11. The number of rotatable bonds is 4. The summed E-state index contributed by atoms with van der Waals surface area (Å²) in [6.45, 7) is 0. The van der Waals surface area contributed by atoms with Crippen molar-refractivity contribution in [3.63, 3.8) is 0 Å². The molecule has 0 aromatic heterocycles. The van der Waals surface area contributed by atoms with Crippen molar-refractivity contribution >= 4 is 18.0 Å². The SMILES string of the molecule is COc1cc(C=C2C(=O)O[C@H](C(=O)O)[C@H]2c2ccc(O)c(O)c2)ccc1O. The Hall–Kier alpha value is -3.68. The Morgan fingerprint density at radius 1 is 1.07 bits per heavy atom. The van der Waals surface area contributed by atoms with Crippen LogP contribution in [0.4, 0.5) is 0 Å². The van der Waals surface area contributed by atoms with E-state index in [1.807, 2.05) is 0 Å². The van der Waals surface area contributed by atoms with Gasteiger partial charge in [-0.1, -0.05) is 12.1 Å². The van der Waals surface area contributed by atoms with Gasteiger partial charge in [0.15, 0.2) is 23.0 Å². The molecule has 4 N–H and O–H groups in total. The van der Waals surface area contributed by atoms with Gasteiger partial charge in [-0.2, -0.15) is 0 Å². The summed E-state index contributed by atoms with van der Waals surface area (Å²) in [5.74, 6) is -3.87. The maximum Gasteiger partial charge on any atom is 0.346 e. The number of carbonyl (C=O) groups excluding carboxylic acids is 1. The van der Waals surface area contributed by atoms with Crippen molar-refractivity contribution < 1.29 is 39.5 Å². The van der Waals surface area contributed by atoms with Gasteiger partial charge in [0, 0.05) is 5.57 Å². The van der Waals surface area contributed by atoms with E-state index in [0.717, 1.165) is 0 Å². The Labute approximate surface area is 153 Å². The summed E-state index contributed by atoms with van der Waals surface area (Å²) in [5.41, 5.74) is 0.830. The monoisotopic (exact) mass is 372 g/mol. The first-order chi connectivity index (χ1) is 12.8. The summed E-state index contributed by atoms with van der Waals surface area (Å²) in [5, 5.41) is 38.3. The molecule has 2 aromatic rings. The van der Waals surface area contributed by atoms with Gasteiger partial charge in [0.05, 0.1) is 13.0 Å². The molecule has 0 spiro atoms. The standard InChI is InChI=1S/C19H16O8/c1-26-15-7-9(2-4-13(15)21)6-11-16(17(18(23)24)27-19(11)25)10-3-5-12(20)14(22)8-10/h2-8,16-17,20-22H,1H3,(H,23,24)/t16-,17-/m0/s1. The van der Waals surface area contributed by atoms with Crippen LogP contribution in [-0.2, 0) is 14.3 Å². The maximum atomic E-state index is 12.3. The van der Waals surface area contributed by atoms with Gasteiger partial charge in [-0.25, -0.2) is 9.59 Å². The van der Waals surface area contributed by atoms with Crippen molar-refractivity contribution in [1.82, 2.24) is 0 Å². The Morgan fingerprint density at radius 3 is 2.41 bits per heavy atom. The lowest BCUT2D eigenvalue weighted by atomic mass is 9.87. The van der Waals surface area contributed by atoms with Crippen molar-refractivity contribution in [3.05, 3.63) is 53.1 Å². The van der Waals surface area contributed by atoms with Crippen LogP contribution in [0.25, 0.3) is 6.08 Å². The van der Waals surface area contributed by atoms with E-state index in [-0.39, 0.29) is 22.8 Å². The van der Waals surface area contributed by atoms with Gasteiger partial charge in [0.1, 0.15) is 0 Å². The fourth-order valence-electron chi connectivity index (χ4n) is 2.93. The molecular weight excluding hydrogens is 356 g/mol. The van der Waals surface area contributed by atoms with Crippen LogP contribution in [0.3, 0.4) is 0 Å². The fourth-order valence-corrected chi connectivity index (χ4v) is 2.93. The Bertz CT molecular complexity index is 947. The number of phenolic OH excluding ortho intramolecular Hbond substituents is 3. The average molecular weight is 372 g/mol. The molecular formula is C19H16O8. The molecule has 2 atom stereocenters. The molecule has 0 saturated carbocycles. The molecule has 1 aliphatic heterocycles. The number of aromatic hydroxyl groups is 3. The number of aliphatic carboxylic acids is 1. The van der Waals surface area contributed by atoms with Crippen LogP contribution in [0.15, 0.2) is 42.0 Å². The predicted molar refractivity (Wildman–Crippen MR) is 92.7 cm³/mol. The van der Waals surface area contributed by atoms with Gasteiger partial charge in [0.25, 0.3) is 0 Å². The van der Waals surface area contributed by atoms with E-state index < -0.39 is 29.7 Å². The number of hydrogen-bond donors (Lipinski definition) is 4. The summed E-state index contributed by atoms with van der Waals surface area (Å²) in [6.07, 6.45) is -0.0476. The molecule has 0 amide bonds. The van der Waals surface area contributed by atoms with Gasteiger partial charge < -0.3 is 29.9 Å². The number of ether oxygens (including phenoxy) is 2. The largest absolute Gasteiger partial charge is 0.504 e. The molecule has 27 heavy (non-hydrogen) atoms. The molecule has 8 heteroatoms. The summed E-state index contributed by atoms with van der Waals surface area (Å²) in [6, 6.07) is 8.17. The van der Waals surface area contributed by atoms with E-state index in [1.165, 1.54) is 49.6 Å². The number of benzene rings is 2. The van der Waals surface area contributed by atoms with Crippen LogP contribution in [0.1, 0.15) is 17.0 Å². The molecule has 0 aliphatic carbocycles. The fraction of sp³-hybridized carbons (Fsp3) is 0.158. The first kappa shape index (κ1) is 18.1. The van der Waals surface area contributed by atoms with Gasteiger partial charge in [-0.15, -0.1) is 0 Å². The zero-order valence-electron chi connectivity index (χ0n) is 14.1. The van der Waals surface area contributed by atoms with Crippen LogP contribution in [0.2, 0.25) is 0 Å². The molecule has 1 saturated heterocycles. The number of esters is 1. The van der Waals surface area contributed by atoms with Crippen LogP contribution >= 0.6 is 0 Å². The van der Waals surface area contributed by atoms with Crippen molar-refractivity contribution in [1.29, 1.82) is 0 Å². The van der Waals surface area contributed by atoms with Crippen LogP contribution in [0, 0.1) is 0 Å². The lowest BCUT2D eigenvalue weighted by Gasteiger charge is -2.15. The minimum atomic E-state index is -1.48. The second kappa shape index (κ2) is 6.91. The number of carboxylic acid groups (broad SMARTS) is 1. The van der Waals surface area contributed by atoms with Crippen LogP contribution < -0.4 is 4.74 Å². The molecule has 0 unspecified atom stereocenters. The van der Waals surface area contributed by atoms with Crippen LogP contribution in [0.5, 0.6) is 23.0 Å². The highest BCUT2D eigenvalue weighted by atomic mass is 16.6. The smallest absolute Gasteiger partial charge is 0.346 e. The second-order valence-corrected chi connectivity index (χ2v) is 5.92. The van der Waals surface area contributed by atoms with E-state index in [2.05, 4.69) is 0 Å². The molecule has 1 fully saturated rings. The highest BCUT2D eigenvalue weighted by Crippen LogP contribution is 2.41. The van der Waals surface area contributed by atoms with Crippen molar-refractivity contribution in [2.75, 3.05) is 7.11 Å². The molecule has 3 rings (SSSR count). The molecule has 140 valence electrons. The quantitative estimate of drug-likeness (QED) is 0.364. The van der Waals surface area contributed by atoms with E-state index in [4.69, 9.17) is 9.47 Å². The van der Waals surface area contributed by atoms with E-state index >= 15 is 0 Å². The normalized spacial score (nSPS) is 20.5. The van der Waals surface area contributed by atoms with Gasteiger partial charge in [0.2, 0.25) is 6.10 Å². The third-order valence-corrected chi connectivity index (χ3v) is 4.24. The van der Waals surface area contributed by atoms with Gasteiger partial charge in [-0.05, 0) is 41.5 Å². The zero-order valence-corrected chi connectivity index (χ0v) is 14.1. The van der Waals surface area contributed by atoms with Crippen molar-refractivity contribution in [3.8, 4) is 23.0 Å². The van der Waals surface area contributed by atoms with E-state index in [1.54, 1.807) is 0 Å². The second-order valence-electron chi connectivity index (χ2n) is 5.92. The highest BCUT2D eigenvalue weighted by molar-refractivity contribution is 6.01. The summed E-state index contributed by atoms with van der Waals surface area (Å²) in [4.78, 5) is 23.9. The average Bonchev–Trinajstić information content (AvgIpc) is 2.96. The summed E-state index contributed by atoms with van der Waals surface area (Å²) in [7, 11) is 1.37. The third kappa shape index (κ3) is 3.37. The molecule has 0 bridgehead atoms. The first-order valence-electron chi connectivity index (χ1n) is 7.86. The van der Waals surface area contributed by atoms with Gasteiger partial charge in [-0.3, -0.25) is 0 Å². The number of methoxy groups -OCH3 is 1. The summed E-state index contributed by atoms with van der Waals surface area (Å²) < 4.78 is 10.0. The van der Waals surface area contributed by atoms with Gasteiger partial charge >= 0.3 is 11.9 Å². The lowest BCUT2D eigenvalue weighted by Crippen LogP contribution is -2.25. The van der Waals surface area contributed by atoms with Crippen molar-refractivity contribution in [2.24, 2.45) is 0 Å². The molecule has 8 nitrogen and oxygen atoms in total. The van der Waals surface area contributed by atoms with Crippen molar-refractivity contribution in [2.45, 2.75) is 12.0 Å². The van der Waals surface area contributed by atoms with E-state index in [0.29, 0.717) is 11.1 Å². The maximum absolute atomic E-state index is 12.3.